The molecule has 0 saturated heterocycles. The SMILES string of the molecule is COc1ccc(Cl)cc1NC(=O)CC1C(=O)Nc2c(-c3ccc(C)cc3)c(C)nn21. The summed E-state index contributed by atoms with van der Waals surface area (Å²) in [5.41, 5.74) is 4.22. The summed E-state index contributed by atoms with van der Waals surface area (Å²) in [6.07, 6.45) is -0.0665. The highest BCUT2D eigenvalue weighted by Gasteiger charge is 2.36. The van der Waals surface area contributed by atoms with Crippen molar-refractivity contribution in [2.24, 2.45) is 0 Å². The number of amides is 2. The summed E-state index contributed by atoms with van der Waals surface area (Å²) in [6.45, 7) is 3.91. The second-order valence-electron chi connectivity index (χ2n) is 7.22. The molecule has 4 rings (SSSR count). The zero-order valence-electron chi connectivity index (χ0n) is 16.8. The minimum Gasteiger partial charge on any atom is -0.495 e. The summed E-state index contributed by atoms with van der Waals surface area (Å²) in [7, 11) is 1.51. The quantitative estimate of drug-likeness (QED) is 0.637. The van der Waals surface area contributed by atoms with E-state index in [1.54, 1.807) is 22.9 Å². The highest BCUT2D eigenvalue weighted by Crippen LogP contribution is 2.38. The van der Waals surface area contributed by atoms with Gasteiger partial charge in [-0.15, -0.1) is 0 Å². The average Bonchev–Trinajstić information content (AvgIpc) is 3.17. The number of anilines is 2. The van der Waals surface area contributed by atoms with E-state index >= 15 is 0 Å². The van der Waals surface area contributed by atoms with E-state index in [-0.39, 0.29) is 18.2 Å². The van der Waals surface area contributed by atoms with Crippen LogP contribution < -0.4 is 15.4 Å². The first kappa shape index (κ1) is 20.0. The molecule has 3 aromatic rings. The Morgan fingerprint density at radius 2 is 1.97 bits per heavy atom. The Morgan fingerprint density at radius 1 is 1.23 bits per heavy atom. The van der Waals surface area contributed by atoms with E-state index in [1.807, 2.05) is 38.1 Å². The number of hydrogen-bond donors (Lipinski definition) is 2. The number of benzene rings is 2. The van der Waals surface area contributed by atoms with Crippen molar-refractivity contribution in [2.45, 2.75) is 26.3 Å². The van der Waals surface area contributed by atoms with Crippen LogP contribution in [0.4, 0.5) is 11.5 Å². The number of carbonyl (C=O) groups is 2. The molecule has 0 fully saturated rings. The van der Waals surface area contributed by atoms with E-state index in [1.165, 1.54) is 7.11 Å². The first-order valence-corrected chi connectivity index (χ1v) is 9.85. The molecule has 2 amide bonds. The summed E-state index contributed by atoms with van der Waals surface area (Å²) in [6, 6.07) is 12.2. The van der Waals surface area contributed by atoms with E-state index in [0.717, 1.165) is 22.4 Å². The number of fused-ring (bicyclic) bond motifs is 1. The van der Waals surface area contributed by atoms with Crippen LogP contribution in [0.2, 0.25) is 5.02 Å². The normalized spacial score (nSPS) is 14.9. The van der Waals surface area contributed by atoms with Gasteiger partial charge in [0, 0.05) is 10.6 Å². The van der Waals surface area contributed by atoms with Crippen LogP contribution in [0.5, 0.6) is 5.75 Å². The Labute approximate surface area is 179 Å². The first-order chi connectivity index (χ1) is 14.4. The van der Waals surface area contributed by atoms with Crippen LogP contribution in [0.1, 0.15) is 23.7 Å². The first-order valence-electron chi connectivity index (χ1n) is 9.47. The van der Waals surface area contributed by atoms with Crippen molar-refractivity contribution in [3.8, 4) is 16.9 Å². The maximum absolute atomic E-state index is 12.7. The molecule has 1 aliphatic heterocycles. The number of halogens is 1. The summed E-state index contributed by atoms with van der Waals surface area (Å²) >= 11 is 6.02. The Bertz CT molecular complexity index is 1140. The molecule has 2 aromatic carbocycles. The number of ether oxygens (including phenoxy) is 1. The van der Waals surface area contributed by atoms with Crippen LogP contribution in [0, 0.1) is 13.8 Å². The lowest BCUT2D eigenvalue weighted by atomic mass is 10.0. The van der Waals surface area contributed by atoms with Crippen molar-refractivity contribution >= 4 is 34.9 Å². The minimum atomic E-state index is -0.733. The fraction of sp³-hybridized carbons (Fsp3) is 0.227. The molecule has 0 saturated carbocycles. The molecule has 0 bridgehead atoms. The Balaban J connectivity index is 1.58. The van der Waals surface area contributed by atoms with Gasteiger partial charge >= 0.3 is 0 Å². The van der Waals surface area contributed by atoms with Crippen LogP contribution in [0.3, 0.4) is 0 Å². The lowest BCUT2D eigenvalue weighted by Crippen LogP contribution is -2.24. The number of aromatic nitrogens is 2. The lowest BCUT2D eigenvalue weighted by molar-refractivity contribution is -0.123. The molecule has 30 heavy (non-hydrogen) atoms. The summed E-state index contributed by atoms with van der Waals surface area (Å²) in [5.74, 6) is 0.494. The fourth-order valence-electron chi connectivity index (χ4n) is 3.60. The number of carbonyl (C=O) groups excluding carboxylic acids is 2. The van der Waals surface area contributed by atoms with Crippen molar-refractivity contribution in [1.82, 2.24) is 9.78 Å². The minimum absolute atomic E-state index is 0.0665. The Hall–Kier alpha value is -3.32. The Morgan fingerprint density at radius 3 is 2.67 bits per heavy atom. The van der Waals surface area contributed by atoms with Crippen LogP contribution in [-0.4, -0.2) is 28.7 Å². The van der Waals surface area contributed by atoms with Crippen LogP contribution in [-0.2, 0) is 9.59 Å². The molecule has 2 N–H and O–H groups in total. The number of hydrogen-bond acceptors (Lipinski definition) is 4. The van der Waals surface area contributed by atoms with Gasteiger partial charge in [0.2, 0.25) is 5.91 Å². The zero-order chi connectivity index (χ0) is 21.4. The third-order valence-corrected chi connectivity index (χ3v) is 5.31. The molecule has 1 atom stereocenters. The number of methoxy groups -OCH3 is 1. The van der Waals surface area contributed by atoms with E-state index in [0.29, 0.717) is 22.3 Å². The summed E-state index contributed by atoms with van der Waals surface area (Å²) in [5, 5.41) is 10.7. The van der Waals surface area contributed by atoms with Gasteiger partial charge in [0.15, 0.2) is 0 Å². The van der Waals surface area contributed by atoms with Crippen molar-refractivity contribution in [3.05, 3.63) is 58.7 Å². The van der Waals surface area contributed by atoms with Gasteiger partial charge < -0.3 is 15.4 Å². The molecule has 1 aliphatic rings. The highest BCUT2D eigenvalue weighted by atomic mass is 35.5. The molecule has 0 aliphatic carbocycles. The molecule has 1 unspecified atom stereocenters. The van der Waals surface area contributed by atoms with Crippen LogP contribution in [0.15, 0.2) is 42.5 Å². The molecule has 1 aromatic heterocycles. The van der Waals surface area contributed by atoms with Gasteiger partial charge in [-0.05, 0) is 37.6 Å². The average molecular weight is 425 g/mol. The largest absolute Gasteiger partial charge is 0.495 e. The van der Waals surface area contributed by atoms with Crippen molar-refractivity contribution in [1.29, 1.82) is 0 Å². The number of nitrogens with zero attached hydrogens (tertiary/aromatic N) is 2. The van der Waals surface area contributed by atoms with Gasteiger partial charge in [0.25, 0.3) is 5.91 Å². The smallest absolute Gasteiger partial charge is 0.251 e. The molecule has 8 heteroatoms. The standard InChI is InChI=1S/C22H21ClN4O3/c1-12-4-6-14(7-5-12)20-13(2)26-27-17(22(29)25-21(20)27)11-19(28)24-16-10-15(23)8-9-18(16)30-3/h4-10,17H,11H2,1-3H3,(H,24,28)(H,25,29). The monoisotopic (exact) mass is 424 g/mol. The number of rotatable bonds is 5. The second kappa shape index (κ2) is 7.84. The predicted molar refractivity (Wildman–Crippen MR) is 116 cm³/mol. The van der Waals surface area contributed by atoms with Gasteiger partial charge in [-0.1, -0.05) is 41.4 Å². The van der Waals surface area contributed by atoms with Crippen LogP contribution >= 0.6 is 11.6 Å². The number of aryl methyl sites for hydroxylation is 2. The molecule has 7 nitrogen and oxygen atoms in total. The van der Waals surface area contributed by atoms with Crippen LogP contribution in [0.25, 0.3) is 11.1 Å². The van der Waals surface area contributed by atoms with Gasteiger partial charge in [-0.2, -0.15) is 5.10 Å². The maximum atomic E-state index is 12.7. The molecule has 0 spiro atoms. The van der Waals surface area contributed by atoms with E-state index < -0.39 is 6.04 Å². The molecule has 0 radical (unpaired) electrons. The summed E-state index contributed by atoms with van der Waals surface area (Å²) < 4.78 is 6.85. The van der Waals surface area contributed by atoms with Crippen molar-refractivity contribution in [2.75, 3.05) is 17.7 Å². The zero-order valence-corrected chi connectivity index (χ0v) is 17.6. The van der Waals surface area contributed by atoms with Crippen molar-refractivity contribution < 1.29 is 14.3 Å². The molecular weight excluding hydrogens is 404 g/mol. The third kappa shape index (κ3) is 3.64. The second-order valence-corrected chi connectivity index (χ2v) is 7.66. The van der Waals surface area contributed by atoms with Gasteiger partial charge in [-0.3, -0.25) is 9.59 Å². The molecule has 154 valence electrons. The third-order valence-electron chi connectivity index (χ3n) is 5.08. The number of nitrogens with one attached hydrogen (secondary N) is 2. The topological polar surface area (TPSA) is 85.2 Å². The summed E-state index contributed by atoms with van der Waals surface area (Å²) in [4.78, 5) is 25.3. The van der Waals surface area contributed by atoms with Gasteiger partial charge in [0.05, 0.1) is 24.9 Å². The predicted octanol–water partition coefficient (Wildman–Crippen LogP) is 4.35. The molecular formula is C22H21ClN4O3. The Kier molecular flexibility index (Phi) is 5.22. The highest BCUT2D eigenvalue weighted by molar-refractivity contribution is 6.31. The van der Waals surface area contributed by atoms with E-state index in [2.05, 4.69) is 15.7 Å². The lowest BCUT2D eigenvalue weighted by Gasteiger charge is -2.12. The van der Waals surface area contributed by atoms with Crippen molar-refractivity contribution in [3.63, 3.8) is 0 Å². The van der Waals surface area contributed by atoms with Gasteiger partial charge in [-0.25, -0.2) is 4.68 Å². The fourth-order valence-corrected chi connectivity index (χ4v) is 3.78. The maximum Gasteiger partial charge on any atom is 0.251 e. The van der Waals surface area contributed by atoms with E-state index in [9.17, 15) is 9.59 Å². The van der Waals surface area contributed by atoms with Gasteiger partial charge in [0.1, 0.15) is 17.6 Å². The molecule has 2 heterocycles. The van der Waals surface area contributed by atoms with E-state index in [4.69, 9.17) is 16.3 Å².